The van der Waals surface area contributed by atoms with Crippen LogP contribution < -0.4 is 0 Å². The van der Waals surface area contributed by atoms with E-state index in [0.717, 1.165) is 0 Å². The highest BCUT2D eigenvalue weighted by atomic mass is 16.6. The van der Waals surface area contributed by atoms with Crippen LogP contribution in [0.5, 0.6) is 0 Å². The number of carbonyl (C=O) groups is 4. The SMILES string of the molecule is C=C1C(=O)[C@]23C[C@H]1C[C@H](OC(C)=O)[C@H]2[C@]1(C)[C@@H](OC(C)=O)C[C@H](O)C(C)(C)[C@H]1[C@@H](OC(C)=O)[C@@H]3O. The third-order valence-corrected chi connectivity index (χ3v) is 9.46. The lowest BCUT2D eigenvalue weighted by molar-refractivity contribution is -0.307. The first-order valence-electron chi connectivity index (χ1n) is 12.2. The molecule has 2 bridgehead atoms. The van der Waals surface area contributed by atoms with E-state index < -0.39 is 76.5 Å². The molecule has 1 spiro atoms. The summed E-state index contributed by atoms with van der Waals surface area (Å²) in [6.45, 7) is 13.3. The summed E-state index contributed by atoms with van der Waals surface area (Å²) < 4.78 is 17.3. The molecule has 4 fully saturated rings. The van der Waals surface area contributed by atoms with Gasteiger partial charge in [0.05, 0.1) is 11.5 Å². The minimum Gasteiger partial charge on any atom is -0.462 e. The van der Waals surface area contributed by atoms with Gasteiger partial charge in [-0.05, 0) is 29.7 Å². The Morgan fingerprint density at radius 1 is 0.914 bits per heavy atom. The number of allylic oxidation sites excluding steroid dienone is 1. The van der Waals surface area contributed by atoms with Crippen LogP contribution in [0.2, 0.25) is 0 Å². The summed E-state index contributed by atoms with van der Waals surface area (Å²) in [6.07, 6.45) is -4.49. The van der Waals surface area contributed by atoms with Gasteiger partial charge >= 0.3 is 17.9 Å². The van der Waals surface area contributed by atoms with Crippen molar-refractivity contribution in [2.24, 2.45) is 34.0 Å². The highest BCUT2D eigenvalue weighted by Gasteiger charge is 2.79. The summed E-state index contributed by atoms with van der Waals surface area (Å²) in [5.74, 6) is -3.85. The number of ketones is 1. The largest absolute Gasteiger partial charge is 0.462 e. The van der Waals surface area contributed by atoms with E-state index in [-0.39, 0.29) is 24.5 Å². The molecule has 4 aliphatic carbocycles. The van der Waals surface area contributed by atoms with Crippen LogP contribution in [-0.2, 0) is 33.4 Å². The molecule has 0 aromatic heterocycles. The zero-order valence-electron chi connectivity index (χ0n) is 21.2. The van der Waals surface area contributed by atoms with E-state index in [1.54, 1.807) is 0 Å². The number of Topliss-reactive ketones (excluding diaryl/α,β-unsaturated/α-hetero) is 1. The van der Waals surface area contributed by atoms with Crippen LogP contribution in [0.4, 0.5) is 0 Å². The highest BCUT2D eigenvalue weighted by Crippen LogP contribution is 2.72. The average Bonchev–Trinajstić information content (AvgIpc) is 2.91. The Balaban J connectivity index is 2.03. The van der Waals surface area contributed by atoms with Gasteiger partial charge in [0.15, 0.2) is 5.78 Å². The number of carbonyl (C=O) groups excluding carboxylic acids is 4. The smallest absolute Gasteiger partial charge is 0.303 e. The van der Waals surface area contributed by atoms with Crippen LogP contribution in [0.25, 0.3) is 0 Å². The van der Waals surface area contributed by atoms with Gasteiger partial charge < -0.3 is 24.4 Å². The van der Waals surface area contributed by atoms with Crippen molar-refractivity contribution >= 4 is 23.7 Å². The van der Waals surface area contributed by atoms with Gasteiger partial charge in [0.1, 0.15) is 24.4 Å². The molecule has 4 rings (SSSR count). The summed E-state index contributed by atoms with van der Waals surface area (Å²) >= 11 is 0. The molecule has 2 N–H and O–H groups in total. The second-order valence-electron chi connectivity index (χ2n) is 11.7. The number of aliphatic hydroxyl groups is 2. The fourth-order valence-corrected chi connectivity index (χ4v) is 8.39. The van der Waals surface area contributed by atoms with Crippen LogP contribution in [0.1, 0.15) is 60.8 Å². The van der Waals surface area contributed by atoms with Crippen molar-refractivity contribution in [1.82, 2.24) is 0 Å². The lowest BCUT2D eigenvalue weighted by Crippen LogP contribution is -2.76. The van der Waals surface area contributed by atoms with Crippen LogP contribution in [0.15, 0.2) is 12.2 Å². The topological polar surface area (TPSA) is 136 Å². The van der Waals surface area contributed by atoms with E-state index >= 15 is 0 Å². The predicted molar refractivity (Wildman–Crippen MR) is 121 cm³/mol. The molecular formula is C26H36O9. The number of rotatable bonds is 3. The number of hydrogen-bond acceptors (Lipinski definition) is 9. The lowest BCUT2D eigenvalue weighted by atomic mass is 9.37. The van der Waals surface area contributed by atoms with Gasteiger partial charge in [-0.15, -0.1) is 0 Å². The fourth-order valence-electron chi connectivity index (χ4n) is 8.39. The van der Waals surface area contributed by atoms with E-state index in [2.05, 4.69) is 6.58 Å². The lowest BCUT2D eigenvalue weighted by Gasteiger charge is -2.69. The Hall–Kier alpha value is -2.26. The molecule has 0 unspecified atom stereocenters. The Morgan fingerprint density at radius 3 is 2.03 bits per heavy atom. The first kappa shape index (κ1) is 25.8. The average molecular weight is 493 g/mol. The molecule has 35 heavy (non-hydrogen) atoms. The van der Waals surface area contributed by atoms with E-state index in [9.17, 15) is 29.4 Å². The van der Waals surface area contributed by atoms with Gasteiger partial charge in [-0.25, -0.2) is 0 Å². The third kappa shape index (κ3) is 3.41. The highest BCUT2D eigenvalue weighted by molar-refractivity contribution is 6.04. The van der Waals surface area contributed by atoms with Crippen LogP contribution in [-0.4, -0.2) is 64.4 Å². The number of hydrogen-bond donors (Lipinski definition) is 2. The van der Waals surface area contributed by atoms with Gasteiger partial charge in [0.25, 0.3) is 0 Å². The van der Waals surface area contributed by atoms with Gasteiger partial charge in [-0.1, -0.05) is 27.4 Å². The maximum atomic E-state index is 13.9. The summed E-state index contributed by atoms with van der Waals surface area (Å²) in [6, 6.07) is 0. The van der Waals surface area contributed by atoms with Gasteiger partial charge in [-0.3, -0.25) is 19.2 Å². The molecule has 0 amide bonds. The summed E-state index contributed by atoms with van der Waals surface area (Å²) in [5, 5.41) is 23.1. The summed E-state index contributed by atoms with van der Waals surface area (Å²) in [7, 11) is 0. The molecule has 194 valence electrons. The van der Waals surface area contributed by atoms with E-state index in [0.29, 0.717) is 12.0 Å². The Labute approximate surface area is 205 Å². The molecule has 4 aliphatic rings. The number of esters is 3. The molecule has 10 atom stereocenters. The number of fused-ring (bicyclic) bond motifs is 3. The molecular weight excluding hydrogens is 456 g/mol. The number of ether oxygens (including phenoxy) is 3. The van der Waals surface area contributed by atoms with Crippen LogP contribution >= 0.6 is 0 Å². The monoisotopic (exact) mass is 492 g/mol. The molecule has 4 saturated carbocycles. The van der Waals surface area contributed by atoms with Crippen molar-refractivity contribution in [3.05, 3.63) is 12.2 Å². The van der Waals surface area contributed by atoms with Gasteiger partial charge in [-0.2, -0.15) is 0 Å². The molecule has 0 aliphatic heterocycles. The van der Waals surface area contributed by atoms with Crippen LogP contribution in [0, 0.1) is 34.0 Å². The van der Waals surface area contributed by atoms with E-state index in [4.69, 9.17) is 14.2 Å². The Kier molecular flexibility index (Phi) is 6.00. The summed E-state index contributed by atoms with van der Waals surface area (Å²) in [4.78, 5) is 50.5. The third-order valence-electron chi connectivity index (χ3n) is 9.46. The van der Waals surface area contributed by atoms with Crippen molar-refractivity contribution in [2.75, 3.05) is 0 Å². The second-order valence-corrected chi connectivity index (χ2v) is 11.7. The summed E-state index contributed by atoms with van der Waals surface area (Å²) in [5.41, 5.74) is -3.10. The van der Waals surface area contributed by atoms with E-state index in [1.807, 2.05) is 20.8 Å². The number of aliphatic hydroxyl groups excluding tert-OH is 2. The zero-order valence-corrected chi connectivity index (χ0v) is 21.2. The Bertz CT molecular complexity index is 985. The van der Waals surface area contributed by atoms with Gasteiger partial charge in [0, 0.05) is 44.4 Å². The predicted octanol–water partition coefficient (Wildman–Crippen LogP) is 1.72. The normalized spacial score (nSPS) is 45.7. The quantitative estimate of drug-likeness (QED) is 0.343. The van der Waals surface area contributed by atoms with Crippen LogP contribution in [0.3, 0.4) is 0 Å². The molecule has 9 heteroatoms. The maximum Gasteiger partial charge on any atom is 0.303 e. The van der Waals surface area contributed by atoms with Crippen molar-refractivity contribution < 1.29 is 43.6 Å². The molecule has 0 heterocycles. The second kappa shape index (κ2) is 8.13. The molecule has 0 aromatic rings. The fraction of sp³-hybridized carbons (Fsp3) is 0.769. The van der Waals surface area contributed by atoms with Crippen molar-refractivity contribution in [3.63, 3.8) is 0 Å². The first-order chi connectivity index (χ1) is 16.1. The minimum atomic E-state index is -1.44. The molecule has 0 saturated heterocycles. The maximum absolute atomic E-state index is 13.9. The standard InChI is InChI=1S/C26H36O9/c1-11-15-8-16(33-12(2)27)20-25(7)18(34-13(3)28)9-17(30)24(5,6)21(25)19(35-14(4)29)23(32)26(20,10-15)22(11)31/h15-21,23,30,32H,1,8-10H2,2-7H3/t15-,16+,17+,18+,19-,20+,21-,23+,25+,26+/m1/s1. The minimum absolute atomic E-state index is 0.0837. The molecule has 9 nitrogen and oxygen atoms in total. The molecule has 0 aromatic carbocycles. The van der Waals surface area contributed by atoms with Crippen molar-refractivity contribution in [2.45, 2.75) is 91.3 Å². The van der Waals surface area contributed by atoms with E-state index in [1.165, 1.54) is 20.8 Å². The molecule has 0 radical (unpaired) electrons. The van der Waals surface area contributed by atoms with Gasteiger partial charge in [0.2, 0.25) is 0 Å². The van der Waals surface area contributed by atoms with Crippen molar-refractivity contribution in [3.8, 4) is 0 Å². The zero-order chi connectivity index (χ0) is 26.2. The van der Waals surface area contributed by atoms with Crippen molar-refractivity contribution in [1.29, 1.82) is 0 Å². The first-order valence-corrected chi connectivity index (χ1v) is 12.2. The Morgan fingerprint density at radius 2 is 1.49 bits per heavy atom.